The lowest BCUT2D eigenvalue weighted by molar-refractivity contribution is -0.953. The van der Waals surface area contributed by atoms with Crippen LogP contribution in [0.2, 0.25) is 0 Å². The van der Waals surface area contributed by atoms with Crippen LogP contribution in [0.5, 0.6) is 5.88 Å². The summed E-state index contributed by atoms with van der Waals surface area (Å²) in [7, 11) is 2.12. The van der Waals surface area contributed by atoms with Crippen LogP contribution in [0, 0.1) is 5.92 Å². The molecule has 186 valence electrons. The van der Waals surface area contributed by atoms with Crippen LogP contribution in [-0.4, -0.2) is 52.7 Å². The minimum Gasteiger partial charge on any atom is -0.475 e. The Balaban J connectivity index is 1.76. The van der Waals surface area contributed by atoms with Crippen molar-refractivity contribution in [2.45, 2.75) is 59.1 Å². The normalized spacial score (nSPS) is 18.9. The van der Waals surface area contributed by atoms with E-state index >= 15 is 0 Å². The van der Waals surface area contributed by atoms with Crippen molar-refractivity contribution in [3.8, 4) is 5.88 Å². The van der Waals surface area contributed by atoms with Gasteiger partial charge in [-0.3, -0.25) is 4.48 Å². The molecule has 0 fully saturated rings. The van der Waals surface area contributed by atoms with Crippen LogP contribution in [0.4, 0.5) is 4.79 Å². The molecule has 1 aliphatic heterocycles. The molecule has 7 nitrogen and oxygen atoms in total. The van der Waals surface area contributed by atoms with Gasteiger partial charge in [0.05, 0.1) is 44.1 Å². The van der Waals surface area contributed by atoms with Gasteiger partial charge in [-0.15, -0.1) is 4.37 Å². The first kappa shape index (κ1) is 26.2. The number of rotatable bonds is 12. The molecular formula is C26H38N3O4S+. The lowest BCUT2D eigenvalue weighted by Crippen LogP contribution is -2.51. The van der Waals surface area contributed by atoms with Gasteiger partial charge in [0.2, 0.25) is 0 Å². The van der Waals surface area contributed by atoms with Gasteiger partial charge in [0.15, 0.2) is 0 Å². The summed E-state index contributed by atoms with van der Waals surface area (Å²) in [6.07, 6.45) is 6.51. The third kappa shape index (κ3) is 7.27. The van der Waals surface area contributed by atoms with Crippen LogP contribution in [0.1, 0.15) is 70.4 Å². The first-order chi connectivity index (χ1) is 16.4. The van der Waals surface area contributed by atoms with E-state index in [4.69, 9.17) is 14.2 Å². The fourth-order valence-electron chi connectivity index (χ4n) is 4.14. The predicted molar refractivity (Wildman–Crippen MR) is 135 cm³/mol. The van der Waals surface area contributed by atoms with Gasteiger partial charge in [-0.2, -0.15) is 4.37 Å². The van der Waals surface area contributed by atoms with E-state index in [1.807, 2.05) is 44.2 Å². The highest BCUT2D eigenvalue weighted by Crippen LogP contribution is 2.37. The predicted octanol–water partition coefficient (Wildman–Crippen LogP) is 6.24. The molecule has 0 bridgehead atoms. The van der Waals surface area contributed by atoms with E-state index in [2.05, 4.69) is 28.8 Å². The molecule has 2 heterocycles. The zero-order chi connectivity index (χ0) is 24.4. The largest absolute Gasteiger partial charge is 0.513 e. The molecule has 3 rings (SSSR count). The monoisotopic (exact) mass is 488 g/mol. The lowest BCUT2D eigenvalue weighted by Gasteiger charge is -2.42. The number of aromatic nitrogens is 2. The maximum Gasteiger partial charge on any atom is 0.513 e. The average molecular weight is 489 g/mol. The maximum absolute atomic E-state index is 12.6. The Hall–Kier alpha value is -2.45. The van der Waals surface area contributed by atoms with Crippen LogP contribution in [0.15, 0.2) is 36.4 Å². The van der Waals surface area contributed by atoms with Crippen LogP contribution in [0.25, 0.3) is 5.57 Å². The topological polar surface area (TPSA) is 70.5 Å². The zero-order valence-electron chi connectivity index (χ0n) is 20.9. The SMILES string of the molecule is CCCCCCOc1nsnc1C1=CCC[N+](C)(C(OC(=O)OCC(C)C)c2ccccc2)C1. The van der Waals surface area contributed by atoms with Crippen molar-refractivity contribution in [2.24, 2.45) is 5.92 Å². The highest BCUT2D eigenvalue weighted by Gasteiger charge is 2.41. The molecule has 0 aliphatic carbocycles. The van der Waals surface area contributed by atoms with E-state index in [9.17, 15) is 4.79 Å². The Kier molecular flexibility index (Phi) is 9.89. The van der Waals surface area contributed by atoms with Crippen molar-refractivity contribution in [1.82, 2.24) is 8.75 Å². The number of benzene rings is 1. The lowest BCUT2D eigenvalue weighted by atomic mass is 10.0. The average Bonchev–Trinajstić information content (AvgIpc) is 3.30. The molecule has 1 aliphatic rings. The molecule has 0 saturated heterocycles. The molecule has 0 radical (unpaired) electrons. The molecule has 34 heavy (non-hydrogen) atoms. The number of likely N-dealkylation sites (N-methyl/N-ethyl adjacent to an activating group) is 1. The van der Waals surface area contributed by atoms with Gasteiger partial charge >= 0.3 is 6.16 Å². The zero-order valence-corrected chi connectivity index (χ0v) is 21.7. The minimum atomic E-state index is -0.635. The molecule has 2 aromatic rings. The highest BCUT2D eigenvalue weighted by atomic mass is 32.1. The van der Waals surface area contributed by atoms with Crippen molar-refractivity contribution in [3.05, 3.63) is 47.7 Å². The van der Waals surface area contributed by atoms with Gasteiger partial charge in [-0.25, -0.2) is 4.79 Å². The van der Waals surface area contributed by atoms with E-state index < -0.39 is 12.4 Å². The highest BCUT2D eigenvalue weighted by molar-refractivity contribution is 6.99. The van der Waals surface area contributed by atoms with Crippen LogP contribution in [0.3, 0.4) is 0 Å². The molecule has 2 unspecified atom stereocenters. The molecular weight excluding hydrogens is 450 g/mol. The van der Waals surface area contributed by atoms with Crippen LogP contribution in [-0.2, 0) is 9.47 Å². The standard InChI is InChI=1S/C26H38N3O4S/c1-5-6-7-11-17-31-24-23(27-34-28-24)22-15-12-16-29(4,18-22)25(21-13-9-8-10-14-21)33-26(30)32-19-20(2)3/h8-10,13-15,20,25H,5-7,11-12,16-19H2,1-4H3/q+1. The van der Waals surface area contributed by atoms with Gasteiger partial charge < -0.3 is 14.2 Å². The van der Waals surface area contributed by atoms with Crippen molar-refractivity contribution < 1.29 is 23.5 Å². The van der Waals surface area contributed by atoms with E-state index in [-0.39, 0.29) is 5.92 Å². The summed E-state index contributed by atoms with van der Waals surface area (Å²) in [5, 5.41) is 0. The summed E-state index contributed by atoms with van der Waals surface area (Å²) in [6, 6.07) is 9.89. The number of unbranched alkanes of at least 4 members (excludes halogenated alkanes) is 3. The second-order valence-corrected chi connectivity index (χ2v) is 10.1. The van der Waals surface area contributed by atoms with Crippen molar-refractivity contribution in [1.29, 1.82) is 0 Å². The number of carbonyl (C=O) groups is 1. The van der Waals surface area contributed by atoms with Gasteiger partial charge in [0.25, 0.3) is 12.1 Å². The van der Waals surface area contributed by atoms with Gasteiger partial charge in [-0.1, -0.05) is 64.3 Å². The van der Waals surface area contributed by atoms with Crippen LogP contribution < -0.4 is 4.74 Å². The number of carbonyl (C=O) groups excluding carboxylic acids is 1. The number of nitrogens with zero attached hydrogens (tertiary/aromatic N) is 3. The van der Waals surface area contributed by atoms with Crippen molar-refractivity contribution in [2.75, 3.05) is 33.4 Å². The number of hydrogen-bond acceptors (Lipinski definition) is 7. The second-order valence-electron chi connectivity index (χ2n) is 9.54. The Labute approximate surface area is 207 Å². The number of ether oxygens (including phenoxy) is 3. The molecule has 1 aromatic carbocycles. The fraction of sp³-hybridized carbons (Fsp3) is 0.577. The smallest absolute Gasteiger partial charge is 0.475 e. The van der Waals surface area contributed by atoms with Gasteiger partial charge in [-0.05, 0) is 24.5 Å². The number of hydrogen-bond donors (Lipinski definition) is 0. The van der Waals surface area contributed by atoms with Gasteiger partial charge in [0, 0.05) is 12.0 Å². The second kappa shape index (κ2) is 12.9. The summed E-state index contributed by atoms with van der Waals surface area (Å²) in [5.41, 5.74) is 2.82. The Bertz CT molecular complexity index is 931. The fourth-order valence-corrected chi connectivity index (χ4v) is 4.67. The molecule has 0 N–H and O–H groups in total. The Morgan fingerprint density at radius 1 is 1.15 bits per heavy atom. The summed E-state index contributed by atoms with van der Waals surface area (Å²) >= 11 is 1.17. The molecule has 0 amide bonds. The minimum absolute atomic E-state index is 0.245. The third-order valence-electron chi connectivity index (χ3n) is 5.95. The quantitative estimate of drug-likeness (QED) is 0.200. The first-order valence-corrected chi connectivity index (χ1v) is 13.0. The Morgan fingerprint density at radius 3 is 2.68 bits per heavy atom. The Morgan fingerprint density at radius 2 is 1.94 bits per heavy atom. The van der Waals surface area contributed by atoms with E-state index in [0.29, 0.717) is 30.1 Å². The summed E-state index contributed by atoms with van der Waals surface area (Å²) < 4.78 is 26.8. The number of quaternary nitrogens is 1. The van der Waals surface area contributed by atoms with Gasteiger partial charge in [0.1, 0.15) is 12.2 Å². The van der Waals surface area contributed by atoms with Crippen molar-refractivity contribution in [3.63, 3.8) is 0 Å². The molecule has 2 atom stereocenters. The molecule has 8 heteroatoms. The maximum atomic E-state index is 12.6. The van der Waals surface area contributed by atoms with Crippen molar-refractivity contribution >= 4 is 23.5 Å². The first-order valence-electron chi connectivity index (χ1n) is 12.3. The molecule has 1 aromatic heterocycles. The molecule has 0 spiro atoms. The summed E-state index contributed by atoms with van der Waals surface area (Å²) in [6.45, 7) is 8.66. The summed E-state index contributed by atoms with van der Waals surface area (Å²) in [4.78, 5) is 12.6. The third-order valence-corrected chi connectivity index (χ3v) is 6.47. The van der Waals surface area contributed by atoms with E-state index in [0.717, 1.165) is 42.6 Å². The summed E-state index contributed by atoms with van der Waals surface area (Å²) in [5.74, 6) is 0.851. The molecule has 0 saturated carbocycles. The van der Waals surface area contributed by atoms with E-state index in [1.165, 1.54) is 24.6 Å². The van der Waals surface area contributed by atoms with E-state index in [1.54, 1.807) is 0 Å². The van der Waals surface area contributed by atoms with Crippen LogP contribution >= 0.6 is 11.7 Å².